The standard InChI is InChI=1S/C24H35N3O3/c1-30-15-14-26(17-19-8-7-13-25-12-6-5-11-22(19)25)24(29)20-16-23(28)27(18-20)21-9-3-2-4-10-21/h2-4,9-10,19-20,22H,5-8,11-18H2,1H3/t19-,20?,22+/m0/s1. The van der Waals surface area contributed by atoms with Crippen molar-refractivity contribution in [3.8, 4) is 0 Å². The molecule has 1 aromatic carbocycles. The van der Waals surface area contributed by atoms with Crippen molar-refractivity contribution >= 4 is 17.5 Å². The van der Waals surface area contributed by atoms with Crippen LogP contribution in [0.15, 0.2) is 30.3 Å². The Kier molecular flexibility index (Phi) is 7.05. The topological polar surface area (TPSA) is 53.1 Å². The summed E-state index contributed by atoms with van der Waals surface area (Å²) in [6.07, 6.45) is 6.56. The molecule has 0 aliphatic carbocycles. The van der Waals surface area contributed by atoms with E-state index in [-0.39, 0.29) is 17.7 Å². The van der Waals surface area contributed by atoms with Crippen LogP contribution in [-0.2, 0) is 14.3 Å². The summed E-state index contributed by atoms with van der Waals surface area (Å²) in [5.41, 5.74) is 0.881. The molecule has 4 rings (SSSR count). The molecule has 0 bridgehead atoms. The van der Waals surface area contributed by atoms with Gasteiger partial charge in [0.05, 0.1) is 12.5 Å². The summed E-state index contributed by atoms with van der Waals surface area (Å²) in [7, 11) is 1.68. The molecule has 164 valence electrons. The van der Waals surface area contributed by atoms with Crippen LogP contribution in [0.4, 0.5) is 5.69 Å². The first kappa shape index (κ1) is 21.3. The molecule has 1 aromatic rings. The summed E-state index contributed by atoms with van der Waals surface area (Å²) >= 11 is 0. The summed E-state index contributed by atoms with van der Waals surface area (Å²) < 4.78 is 5.31. The summed E-state index contributed by atoms with van der Waals surface area (Å²) in [5.74, 6) is 0.428. The number of rotatable bonds is 7. The fourth-order valence-electron chi connectivity index (χ4n) is 5.55. The summed E-state index contributed by atoms with van der Waals surface area (Å²) in [4.78, 5) is 32.5. The van der Waals surface area contributed by atoms with Crippen LogP contribution >= 0.6 is 0 Å². The van der Waals surface area contributed by atoms with E-state index < -0.39 is 0 Å². The van der Waals surface area contributed by atoms with Crippen molar-refractivity contribution in [3.05, 3.63) is 30.3 Å². The van der Waals surface area contributed by atoms with Gasteiger partial charge in [-0.2, -0.15) is 0 Å². The molecule has 3 fully saturated rings. The molecule has 3 atom stereocenters. The Balaban J connectivity index is 1.44. The van der Waals surface area contributed by atoms with E-state index in [1.54, 1.807) is 12.0 Å². The molecule has 0 radical (unpaired) electrons. The SMILES string of the molecule is COCCN(C[C@@H]1CCCN2CCCC[C@H]12)C(=O)C1CC(=O)N(c2ccccc2)C1. The van der Waals surface area contributed by atoms with E-state index in [1.807, 2.05) is 35.2 Å². The van der Waals surface area contributed by atoms with E-state index in [0.29, 0.717) is 38.1 Å². The number of para-hydroxylation sites is 1. The number of ether oxygens (including phenoxy) is 1. The van der Waals surface area contributed by atoms with Crippen molar-refractivity contribution in [1.82, 2.24) is 9.80 Å². The molecule has 3 aliphatic rings. The van der Waals surface area contributed by atoms with E-state index in [4.69, 9.17) is 4.74 Å². The second-order valence-electron chi connectivity index (χ2n) is 9.02. The van der Waals surface area contributed by atoms with Crippen molar-refractivity contribution in [2.24, 2.45) is 11.8 Å². The third-order valence-electron chi connectivity index (χ3n) is 7.10. The second kappa shape index (κ2) is 9.92. The van der Waals surface area contributed by atoms with Crippen molar-refractivity contribution in [2.45, 2.75) is 44.6 Å². The van der Waals surface area contributed by atoms with Crippen molar-refractivity contribution in [2.75, 3.05) is 51.3 Å². The molecule has 0 N–H and O–H groups in total. The van der Waals surface area contributed by atoms with Crippen molar-refractivity contribution in [1.29, 1.82) is 0 Å². The van der Waals surface area contributed by atoms with E-state index in [2.05, 4.69) is 4.90 Å². The molecule has 0 aromatic heterocycles. The summed E-state index contributed by atoms with van der Waals surface area (Å²) in [6, 6.07) is 10.3. The van der Waals surface area contributed by atoms with Crippen LogP contribution in [0.1, 0.15) is 38.5 Å². The van der Waals surface area contributed by atoms with E-state index in [9.17, 15) is 9.59 Å². The van der Waals surface area contributed by atoms with E-state index in [1.165, 1.54) is 45.2 Å². The largest absolute Gasteiger partial charge is 0.383 e. The van der Waals surface area contributed by atoms with Crippen LogP contribution in [0.5, 0.6) is 0 Å². The number of fused-ring (bicyclic) bond motifs is 1. The van der Waals surface area contributed by atoms with Gasteiger partial charge in [-0.25, -0.2) is 0 Å². The number of piperidine rings is 2. The van der Waals surface area contributed by atoms with Crippen molar-refractivity contribution < 1.29 is 14.3 Å². The Labute approximate surface area is 180 Å². The number of amides is 2. The Morgan fingerprint density at radius 1 is 1.13 bits per heavy atom. The van der Waals surface area contributed by atoms with Gasteiger partial charge in [0.2, 0.25) is 11.8 Å². The zero-order valence-electron chi connectivity index (χ0n) is 18.2. The minimum atomic E-state index is -0.263. The lowest BCUT2D eigenvalue weighted by molar-refractivity contribution is -0.137. The maximum absolute atomic E-state index is 13.5. The number of benzene rings is 1. The third kappa shape index (κ3) is 4.70. The highest BCUT2D eigenvalue weighted by atomic mass is 16.5. The van der Waals surface area contributed by atoms with Crippen LogP contribution in [0.2, 0.25) is 0 Å². The van der Waals surface area contributed by atoms with Gasteiger partial charge in [-0.1, -0.05) is 24.6 Å². The smallest absolute Gasteiger partial charge is 0.228 e. The second-order valence-corrected chi connectivity index (χ2v) is 9.02. The highest BCUT2D eigenvalue weighted by molar-refractivity contribution is 6.00. The van der Waals surface area contributed by atoms with Crippen LogP contribution in [-0.4, -0.2) is 74.1 Å². The van der Waals surface area contributed by atoms with Gasteiger partial charge in [0, 0.05) is 44.9 Å². The lowest BCUT2D eigenvalue weighted by Gasteiger charge is -2.46. The monoisotopic (exact) mass is 413 g/mol. The maximum Gasteiger partial charge on any atom is 0.228 e. The molecule has 30 heavy (non-hydrogen) atoms. The van der Waals surface area contributed by atoms with Crippen LogP contribution in [0.25, 0.3) is 0 Å². The predicted molar refractivity (Wildman–Crippen MR) is 117 cm³/mol. The van der Waals surface area contributed by atoms with E-state index >= 15 is 0 Å². The Bertz CT molecular complexity index is 724. The van der Waals surface area contributed by atoms with E-state index in [0.717, 1.165) is 12.2 Å². The molecule has 3 heterocycles. The third-order valence-corrected chi connectivity index (χ3v) is 7.10. The van der Waals surface area contributed by atoms with Crippen LogP contribution in [0.3, 0.4) is 0 Å². The number of methoxy groups -OCH3 is 1. The fourth-order valence-corrected chi connectivity index (χ4v) is 5.55. The van der Waals surface area contributed by atoms with Gasteiger partial charge in [-0.05, 0) is 56.8 Å². The number of anilines is 1. The number of hydrogen-bond donors (Lipinski definition) is 0. The van der Waals surface area contributed by atoms with Gasteiger partial charge in [0.25, 0.3) is 0 Å². The average molecular weight is 414 g/mol. The van der Waals surface area contributed by atoms with Gasteiger partial charge in [0.1, 0.15) is 0 Å². The van der Waals surface area contributed by atoms with Gasteiger partial charge < -0.3 is 19.4 Å². The number of nitrogens with zero attached hydrogens (tertiary/aromatic N) is 3. The highest BCUT2D eigenvalue weighted by Gasteiger charge is 2.39. The maximum atomic E-state index is 13.5. The van der Waals surface area contributed by atoms with Gasteiger partial charge in [0.15, 0.2) is 0 Å². The first-order valence-corrected chi connectivity index (χ1v) is 11.5. The molecule has 0 spiro atoms. The molecule has 3 saturated heterocycles. The zero-order valence-corrected chi connectivity index (χ0v) is 18.2. The van der Waals surface area contributed by atoms with Gasteiger partial charge in [-0.15, -0.1) is 0 Å². The Morgan fingerprint density at radius 2 is 1.93 bits per heavy atom. The Morgan fingerprint density at radius 3 is 2.73 bits per heavy atom. The molecular weight excluding hydrogens is 378 g/mol. The number of carbonyl (C=O) groups excluding carboxylic acids is 2. The Hall–Kier alpha value is -1.92. The minimum absolute atomic E-state index is 0.0439. The van der Waals surface area contributed by atoms with Gasteiger partial charge >= 0.3 is 0 Å². The van der Waals surface area contributed by atoms with Crippen molar-refractivity contribution in [3.63, 3.8) is 0 Å². The number of carbonyl (C=O) groups is 2. The van der Waals surface area contributed by atoms with Crippen LogP contribution < -0.4 is 4.90 Å². The lowest BCUT2D eigenvalue weighted by Crippen LogP contribution is -2.52. The molecule has 3 aliphatic heterocycles. The summed E-state index contributed by atoms with van der Waals surface area (Å²) in [6.45, 7) is 4.82. The number of hydrogen-bond acceptors (Lipinski definition) is 4. The summed E-state index contributed by atoms with van der Waals surface area (Å²) in [5, 5.41) is 0. The normalized spacial score (nSPS) is 27.2. The first-order chi connectivity index (χ1) is 14.7. The fraction of sp³-hybridized carbons (Fsp3) is 0.667. The molecule has 0 saturated carbocycles. The first-order valence-electron chi connectivity index (χ1n) is 11.5. The lowest BCUT2D eigenvalue weighted by atomic mass is 9.83. The van der Waals surface area contributed by atoms with Gasteiger partial charge in [-0.3, -0.25) is 9.59 Å². The zero-order chi connectivity index (χ0) is 20.9. The molecular formula is C24H35N3O3. The van der Waals surface area contributed by atoms with Crippen LogP contribution in [0, 0.1) is 11.8 Å². The predicted octanol–water partition coefficient (Wildman–Crippen LogP) is 2.78. The average Bonchev–Trinajstić information content (AvgIpc) is 3.18. The quantitative estimate of drug-likeness (QED) is 0.690. The molecule has 2 amide bonds. The molecule has 1 unspecified atom stereocenters. The highest BCUT2D eigenvalue weighted by Crippen LogP contribution is 2.32. The minimum Gasteiger partial charge on any atom is -0.383 e. The molecule has 6 heteroatoms. The molecule has 6 nitrogen and oxygen atoms in total.